The van der Waals surface area contributed by atoms with Gasteiger partial charge in [0.2, 0.25) is 0 Å². The summed E-state index contributed by atoms with van der Waals surface area (Å²) >= 11 is 0. The van der Waals surface area contributed by atoms with Crippen LogP contribution in [-0.2, 0) is 9.84 Å². The van der Waals surface area contributed by atoms with E-state index in [4.69, 9.17) is 0 Å². The molecule has 3 heteroatoms. The van der Waals surface area contributed by atoms with Gasteiger partial charge in [-0.3, -0.25) is 0 Å². The van der Waals surface area contributed by atoms with Gasteiger partial charge < -0.3 is 0 Å². The zero-order valence-electron chi connectivity index (χ0n) is 10.4. The van der Waals surface area contributed by atoms with Crippen molar-refractivity contribution in [2.24, 2.45) is 23.7 Å². The fourth-order valence-corrected chi connectivity index (χ4v) is 4.68. The van der Waals surface area contributed by atoms with Gasteiger partial charge in [-0.15, -0.1) is 0 Å². The van der Waals surface area contributed by atoms with Crippen molar-refractivity contribution in [2.75, 3.05) is 11.5 Å². The minimum Gasteiger partial charge on any atom is -0.229 e. The summed E-state index contributed by atoms with van der Waals surface area (Å²) in [5.74, 6) is 3.45. The third kappa shape index (κ3) is 3.47. The highest BCUT2D eigenvalue weighted by atomic mass is 32.2. The molecule has 90 valence electrons. The lowest BCUT2D eigenvalue weighted by atomic mass is 9.73. The molecule has 0 radical (unpaired) electrons. The molecule has 0 atom stereocenters. The van der Waals surface area contributed by atoms with Gasteiger partial charge in [0.1, 0.15) is 9.84 Å². The maximum atomic E-state index is 11.4. The molecule has 1 heterocycles. The summed E-state index contributed by atoms with van der Waals surface area (Å²) < 4.78 is 22.7. The highest BCUT2D eigenvalue weighted by Gasteiger charge is 2.32. The summed E-state index contributed by atoms with van der Waals surface area (Å²) in [5.41, 5.74) is 0. The molecule has 0 aromatic carbocycles. The molecule has 1 aliphatic rings. The van der Waals surface area contributed by atoms with Crippen LogP contribution in [0.2, 0.25) is 0 Å². The van der Waals surface area contributed by atoms with Crippen molar-refractivity contribution in [3.8, 4) is 0 Å². The summed E-state index contributed by atoms with van der Waals surface area (Å²) in [5, 5.41) is 0. The standard InChI is InChI=1S/C12H24O2S/c1-9(2)12(10(3)4)11-5-7-15(13,14)8-6-11/h9-12H,5-8H2,1-4H3. The first-order valence-electron chi connectivity index (χ1n) is 6.04. The Balaban J connectivity index is 2.65. The van der Waals surface area contributed by atoms with E-state index in [9.17, 15) is 8.42 Å². The monoisotopic (exact) mass is 232 g/mol. The molecule has 0 spiro atoms. The molecule has 1 fully saturated rings. The molecule has 15 heavy (non-hydrogen) atoms. The number of hydrogen-bond acceptors (Lipinski definition) is 2. The van der Waals surface area contributed by atoms with E-state index in [0.717, 1.165) is 12.8 Å². The predicted molar refractivity (Wildman–Crippen MR) is 64.5 cm³/mol. The van der Waals surface area contributed by atoms with Crippen LogP contribution in [0.3, 0.4) is 0 Å². The molecule has 0 amide bonds. The van der Waals surface area contributed by atoms with E-state index >= 15 is 0 Å². The van der Waals surface area contributed by atoms with E-state index in [2.05, 4.69) is 27.7 Å². The minimum atomic E-state index is -2.70. The zero-order chi connectivity index (χ0) is 11.6. The Morgan fingerprint density at radius 3 is 1.67 bits per heavy atom. The van der Waals surface area contributed by atoms with Gasteiger partial charge in [0, 0.05) is 0 Å². The molecule has 0 unspecified atom stereocenters. The van der Waals surface area contributed by atoms with Crippen LogP contribution in [0, 0.1) is 23.7 Å². The van der Waals surface area contributed by atoms with E-state index in [-0.39, 0.29) is 0 Å². The molecule has 0 N–H and O–H groups in total. The van der Waals surface area contributed by atoms with E-state index in [1.54, 1.807) is 0 Å². The lowest BCUT2D eigenvalue weighted by molar-refractivity contribution is 0.173. The average Bonchev–Trinajstić information content (AvgIpc) is 2.07. The maximum absolute atomic E-state index is 11.4. The third-order valence-electron chi connectivity index (χ3n) is 3.68. The van der Waals surface area contributed by atoms with Crippen molar-refractivity contribution in [3.63, 3.8) is 0 Å². The Labute approximate surface area is 94.4 Å². The Hall–Kier alpha value is -0.0500. The Bertz CT molecular complexity index is 269. The fourth-order valence-electron chi connectivity index (χ4n) is 3.15. The SMILES string of the molecule is CC(C)C(C(C)C)C1CCS(=O)(=O)CC1. The van der Waals surface area contributed by atoms with Crippen molar-refractivity contribution in [1.82, 2.24) is 0 Å². The summed E-state index contributed by atoms with van der Waals surface area (Å²) in [6.07, 6.45) is 1.76. The fraction of sp³-hybridized carbons (Fsp3) is 1.00. The Kier molecular flexibility index (Phi) is 4.21. The molecule has 1 rings (SSSR count). The molecular formula is C12H24O2S. The first-order valence-corrected chi connectivity index (χ1v) is 7.86. The molecular weight excluding hydrogens is 208 g/mol. The molecule has 0 aromatic heterocycles. The topological polar surface area (TPSA) is 34.1 Å². The van der Waals surface area contributed by atoms with Gasteiger partial charge in [-0.05, 0) is 36.5 Å². The third-order valence-corrected chi connectivity index (χ3v) is 5.40. The molecule has 1 aliphatic heterocycles. The number of hydrogen-bond donors (Lipinski definition) is 0. The molecule has 1 saturated heterocycles. The van der Waals surface area contributed by atoms with E-state index < -0.39 is 9.84 Å². The summed E-state index contributed by atoms with van der Waals surface area (Å²) in [6.45, 7) is 9.03. The van der Waals surface area contributed by atoms with E-state index in [0.29, 0.717) is 35.2 Å². The lowest BCUT2D eigenvalue weighted by Gasteiger charge is -2.35. The second kappa shape index (κ2) is 4.86. The van der Waals surface area contributed by atoms with Gasteiger partial charge >= 0.3 is 0 Å². The second-order valence-electron chi connectivity index (χ2n) is 5.55. The van der Waals surface area contributed by atoms with Gasteiger partial charge in [0.25, 0.3) is 0 Å². The van der Waals surface area contributed by atoms with Crippen LogP contribution in [-0.4, -0.2) is 19.9 Å². The lowest BCUT2D eigenvalue weighted by Crippen LogP contribution is -2.33. The van der Waals surface area contributed by atoms with Crippen molar-refractivity contribution in [1.29, 1.82) is 0 Å². The minimum absolute atomic E-state index is 0.410. The van der Waals surface area contributed by atoms with Crippen LogP contribution >= 0.6 is 0 Å². The summed E-state index contributed by atoms with van der Waals surface area (Å²) in [4.78, 5) is 0. The zero-order valence-corrected chi connectivity index (χ0v) is 11.2. The summed E-state index contributed by atoms with van der Waals surface area (Å²) in [6, 6.07) is 0. The Morgan fingerprint density at radius 2 is 1.33 bits per heavy atom. The Morgan fingerprint density at radius 1 is 0.933 bits per heavy atom. The van der Waals surface area contributed by atoms with Crippen molar-refractivity contribution in [3.05, 3.63) is 0 Å². The largest absolute Gasteiger partial charge is 0.229 e. The molecule has 0 aliphatic carbocycles. The highest BCUT2D eigenvalue weighted by molar-refractivity contribution is 7.91. The second-order valence-corrected chi connectivity index (χ2v) is 7.86. The molecule has 0 saturated carbocycles. The maximum Gasteiger partial charge on any atom is 0.150 e. The molecule has 0 bridgehead atoms. The van der Waals surface area contributed by atoms with E-state index in [1.165, 1.54) is 0 Å². The number of sulfone groups is 1. The molecule has 2 nitrogen and oxygen atoms in total. The smallest absolute Gasteiger partial charge is 0.150 e. The van der Waals surface area contributed by atoms with Gasteiger partial charge in [0.15, 0.2) is 0 Å². The van der Waals surface area contributed by atoms with Crippen molar-refractivity contribution in [2.45, 2.75) is 40.5 Å². The quantitative estimate of drug-likeness (QED) is 0.750. The first kappa shape index (κ1) is 13.0. The van der Waals surface area contributed by atoms with Gasteiger partial charge in [-0.1, -0.05) is 27.7 Å². The van der Waals surface area contributed by atoms with Gasteiger partial charge in [0.05, 0.1) is 11.5 Å². The van der Waals surface area contributed by atoms with Gasteiger partial charge in [-0.2, -0.15) is 0 Å². The van der Waals surface area contributed by atoms with Crippen LogP contribution in [0.15, 0.2) is 0 Å². The van der Waals surface area contributed by atoms with Crippen LogP contribution in [0.5, 0.6) is 0 Å². The average molecular weight is 232 g/mol. The van der Waals surface area contributed by atoms with Crippen LogP contribution in [0.4, 0.5) is 0 Å². The van der Waals surface area contributed by atoms with Crippen molar-refractivity contribution >= 4 is 9.84 Å². The predicted octanol–water partition coefficient (Wildman–Crippen LogP) is 2.74. The van der Waals surface area contributed by atoms with Crippen LogP contribution in [0.1, 0.15) is 40.5 Å². The molecule has 0 aromatic rings. The van der Waals surface area contributed by atoms with Crippen LogP contribution < -0.4 is 0 Å². The summed E-state index contributed by atoms with van der Waals surface area (Å²) in [7, 11) is -2.70. The highest BCUT2D eigenvalue weighted by Crippen LogP contribution is 2.35. The number of rotatable bonds is 3. The van der Waals surface area contributed by atoms with Gasteiger partial charge in [-0.25, -0.2) is 8.42 Å². The van der Waals surface area contributed by atoms with Crippen molar-refractivity contribution < 1.29 is 8.42 Å². The first-order chi connectivity index (χ1) is 6.83. The van der Waals surface area contributed by atoms with E-state index in [1.807, 2.05) is 0 Å². The normalized spacial score (nSPS) is 22.9. The van der Waals surface area contributed by atoms with Crippen LogP contribution in [0.25, 0.3) is 0 Å².